The van der Waals surface area contributed by atoms with E-state index < -0.39 is 12.2 Å². The lowest BCUT2D eigenvalue weighted by atomic mass is 9.81. The van der Waals surface area contributed by atoms with Crippen molar-refractivity contribution >= 4 is 6.02 Å². The van der Waals surface area contributed by atoms with Crippen LogP contribution in [0.15, 0.2) is 4.99 Å². The van der Waals surface area contributed by atoms with Gasteiger partial charge in [0.15, 0.2) is 0 Å². The molecule has 0 aromatic carbocycles. The van der Waals surface area contributed by atoms with Crippen LogP contribution in [0.1, 0.15) is 19.8 Å². The number of aliphatic imine (C=N–C) groups is 1. The minimum atomic E-state index is -0.785. The van der Waals surface area contributed by atoms with E-state index in [4.69, 9.17) is 4.74 Å². The van der Waals surface area contributed by atoms with Crippen molar-refractivity contribution in [2.75, 3.05) is 13.1 Å². The Morgan fingerprint density at radius 1 is 1.31 bits per heavy atom. The molecule has 5 unspecified atom stereocenters. The Labute approximate surface area is 94.7 Å². The van der Waals surface area contributed by atoms with Gasteiger partial charge in [-0.15, -0.1) is 0 Å². The molecule has 0 amide bonds. The average molecular weight is 226 g/mol. The molecule has 0 aromatic heterocycles. The highest BCUT2D eigenvalue weighted by atomic mass is 16.5. The molecule has 0 aromatic rings. The van der Waals surface area contributed by atoms with Gasteiger partial charge in [0.05, 0.1) is 6.10 Å². The van der Waals surface area contributed by atoms with Gasteiger partial charge in [0.2, 0.25) is 0 Å². The molecule has 0 spiro atoms. The second kappa shape index (κ2) is 3.60. The highest BCUT2D eigenvalue weighted by Crippen LogP contribution is 2.33. The summed E-state index contributed by atoms with van der Waals surface area (Å²) in [5.41, 5.74) is 0. The molecule has 5 atom stereocenters. The maximum absolute atomic E-state index is 9.95. The lowest BCUT2D eigenvalue weighted by Gasteiger charge is -2.36. The predicted molar refractivity (Wildman–Crippen MR) is 58.1 cm³/mol. The Balaban J connectivity index is 1.76. The highest BCUT2D eigenvalue weighted by Gasteiger charge is 2.47. The fourth-order valence-corrected chi connectivity index (χ4v) is 2.64. The number of likely N-dealkylation sites (tertiary alicyclic amines) is 1. The molecule has 2 aliphatic heterocycles. The maximum Gasteiger partial charge on any atom is 0.288 e. The summed E-state index contributed by atoms with van der Waals surface area (Å²) in [4.78, 5) is 6.49. The zero-order chi connectivity index (χ0) is 11.3. The summed E-state index contributed by atoms with van der Waals surface area (Å²) in [5, 5.41) is 19.8. The van der Waals surface area contributed by atoms with Crippen molar-refractivity contribution in [1.82, 2.24) is 4.90 Å². The fraction of sp³-hybridized carbons (Fsp3) is 0.909. The Bertz CT molecular complexity index is 316. The van der Waals surface area contributed by atoms with Crippen LogP contribution in [0.3, 0.4) is 0 Å². The summed E-state index contributed by atoms with van der Waals surface area (Å²) in [6, 6.07) is 0.392. The van der Waals surface area contributed by atoms with E-state index in [1.165, 1.54) is 6.42 Å². The first-order valence-corrected chi connectivity index (χ1v) is 6.02. The van der Waals surface area contributed by atoms with Crippen molar-refractivity contribution in [2.45, 2.75) is 44.1 Å². The molecule has 1 saturated carbocycles. The third kappa shape index (κ3) is 1.42. The molecule has 0 radical (unpaired) electrons. The Morgan fingerprint density at radius 3 is 2.69 bits per heavy atom. The molecule has 1 aliphatic carbocycles. The van der Waals surface area contributed by atoms with Crippen LogP contribution in [0.2, 0.25) is 0 Å². The minimum Gasteiger partial charge on any atom is -0.459 e. The van der Waals surface area contributed by atoms with Gasteiger partial charge in [-0.1, -0.05) is 6.92 Å². The van der Waals surface area contributed by atoms with Crippen LogP contribution in [-0.2, 0) is 4.74 Å². The van der Waals surface area contributed by atoms with Crippen molar-refractivity contribution in [3.8, 4) is 0 Å². The van der Waals surface area contributed by atoms with Crippen LogP contribution in [0.5, 0.6) is 0 Å². The number of aliphatic hydroxyl groups excluding tert-OH is 2. The number of hydrogen-bond donors (Lipinski definition) is 2. The monoisotopic (exact) mass is 226 g/mol. The van der Waals surface area contributed by atoms with Gasteiger partial charge < -0.3 is 19.8 Å². The van der Waals surface area contributed by atoms with Crippen LogP contribution in [-0.4, -0.2) is 58.6 Å². The molecular weight excluding hydrogens is 208 g/mol. The van der Waals surface area contributed by atoms with E-state index in [2.05, 4.69) is 9.89 Å². The van der Waals surface area contributed by atoms with E-state index in [-0.39, 0.29) is 18.1 Å². The molecule has 2 fully saturated rings. The molecule has 3 aliphatic rings. The first kappa shape index (κ1) is 10.4. The SMILES string of the molecule is CC1CC2OC(N3CCC3)=NC2C(O)C1O. The molecule has 1 saturated heterocycles. The van der Waals surface area contributed by atoms with E-state index in [9.17, 15) is 10.2 Å². The van der Waals surface area contributed by atoms with Crippen LogP contribution >= 0.6 is 0 Å². The lowest BCUT2D eigenvalue weighted by molar-refractivity contribution is -0.0799. The van der Waals surface area contributed by atoms with Crippen LogP contribution < -0.4 is 0 Å². The van der Waals surface area contributed by atoms with Crippen molar-refractivity contribution in [3.63, 3.8) is 0 Å². The van der Waals surface area contributed by atoms with Gasteiger partial charge in [0.25, 0.3) is 6.02 Å². The number of nitrogens with zero attached hydrogens (tertiary/aromatic N) is 2. The molecule has 5 heteroatoms. The summed E-state index contributed by atoms with van der Waals surface area (Å²) in [6.07, 6.45) is 0.434. The lowest BCUT2D eigenvalue weighted by Crippen LogP contribution is -2.51. The van der Waals surface area contributed by atoms with E-state index in [1.807, 2.05) is 6.92 Å². The number of rotatable bonds is 0. The number of amidine groups is 1. The van der Waals surface area contributed by atoms with Crippen LogP contribution in [0, 0.1) is 5.92 Å². The highest BCUT2D eigenvalue weighted by molar-refractivity contribution is 5.76. The third-order valence-electron chi connectivity index (χ3n) is 3.91. The minimum absolute atomic E-state index is 0.0519. The third-order valence-corrected chi connectivity index (χ3v) is 3.91. The van der Waals surface area contributed by atoms with E-state index in [1.54, 1.807) is 0 Å². The molecule has 2 heterocycles. The molecule has 5 nitrogen and oxygen atoms in total. The van der Waals surface area contributed by atoms with Crippen molar-refractivity contribution in [2.24, 2.45) is 10.9 Å². The summed E-state index contributed by atoms with van der Waals surface area (Å²) in [7, 11) is 0. The first-order valence-electron chi connectivity index (χ1n) is 6.02. The van der Waals surface area contributed by atoms with Crippen LogP contribution in [0.4, 0.5) is 0 Å². The average Bonchev–Trinajstić information content (AvgIpc) is 2.55. The van der Waals surface area contributed by atoms with E-state index >= 15 is 0 Å². The van der Waals surface area contributed by atoms with E-state index in [0.29, 0.717) is 6.02 Å². The fourth-order valence-electron chi connectivity index (χ4n) is 2.64. The van der Waals surface area contributed by atoms with Crippen LogP contribution in [0.25, 0.3) is 0 Å². The Hall–Kier alpha value is -0.810. The zero-order valence-electron chi connectivity index (χ0n) is 9.41. The summed E-state index contributed by atoms with van der Waals surface area (Å²) < 4.78 is 5.76. The second-order valence-corrected chi connectivity index (χ2v) is 5.09. The van der Waals surface area contributed by atoms with Gasteiger partial charge in [-0.3, -0.25) is 0 Å². The Morgan fingerprint density at radius 2 is 2.06 bits per heavy atom. The maximum atomic E-state index is 9.95. The second-order valence-electron chi connectivity index (χ2n) is 5.09. The zero-order valence-corrected chi connectivity index (χ0v) is 9.41. The van der Waals surface area contributed by atoms with Gasteiger partial charge in [0, 0.05) is 13.1 Å². The smallest absolute Gasteiger partial charge is 0.288 e. The quantitative estimate of drug-likeness (QED) is 0.588. The molecule has 16 heavy (non-hydrogen) atoms. The normalized spacial score (nSPS) is 46.8. The van der Waals surface area contributed by atoms with E-state index in [0.717, 1.165) is 19.5 Å². The molecule has 3 rings (SSSR count). The van der Waals surface area contributed by atoms with Crippen molar-refractivity contribution in [1.29, 1.82) is 0 Å². The number of fused-ring (bicyclic) bond motifs is 1. The summed E-state index contributed by atoms with van der Waals surface area (Å²) in [6.45, 7) is 3.92. The number of ether oxygens (including phenoxy) is 1. The largest absolute Gasteiger partial charge is 0.459 e. The predicted octanol–water partition coefficient (Wildman–Crippen LogP) is -0.423. The topological polar surface area (TPSA) is 65.3 Å². The standard InChI is InChI=1S/C11H18N2O3/c1-6-5-7-8(10(15)9(6)14)12-11(16-7)13-3-2-4-13/h6-10,14-15H,2-5H2,1H3. The van der Waals surface area contributed by atoms with Gasteiger partial charge in [-0.05, 0) is 18.8 Å². The number of hydrogen-bond acceptors (Lipinski definition) is 5. The summed E-state index contributed by atoms with van der Waals surface area (Å²) >= 11 is 0. The molecule has 90 valence electrons. The first-order chi connectivity index (χ1) is 7.66. The van der Waals surface area contributed by atoms with Gasteiger partial charge in [-0.25, -0.2) is 4.99 Å². The van der Waals surface area contributed by atoms with Crippen molar-refractivity contribution < 1.29 is 14.9 Å². The number of aliphatic hydroxyl groups is 2. The van der Waals surface area contributed by atoms with Gasteiger partial charge in [-0.2, -0.15) is 0 Å². The molecular formula is C11H18N2O3. The molecule has 2 N–H and O–H groups in total. The van der Waals surface area contributed by atoms with Gasteiger partial charge >= 0.3 is 0 Å². The molecule has 0 bridgehead atoms. The summed E-state index contributed by atoms with van der Waals surface area (Å²) in [5.74, 6) is 0.0715. The van der Waals surface area contributed by atoms with Crippen molar-refractivity contribution in [3.05, 3.63) is 0 Å². The van der Waals surface area contributed by atoms with Gasteiger partial charge in [0.1, 0.15) is 18.2 Å². The Kier molecular flexibility index (Phi) is 2.33.